The number of hydrogen-bond acceptors (Lipinski definition) is 2. The first kappa shape index (κ1) is 15.2. The van der Waals surface area contributed by atoms with Crippen molar-refractivity contribution < 1.29 is 0 Å². The van der Waals surface area contributed by atoms with E-state index >= 15 is 0 Å². The third-order valence-corrected chi connectivity index (χ3v) is 3.49. The highest BCUT2D eigenvalue weighted by Gasteiger charge is 2.16. The van der Waals surface area contributed by atoms with Crippen molar-refractivity contribution in [2.45, 2.75) is 67.0 Å². The molecule has 0 fully saturated rings. The minimum atomic E-state index is 0.401. The highest BCUT2D eigenvalue weighted by Crippen LogP contribution is 2.21. The lowest BCUT2D eigenvalue weighted by atomic mass is 10.1. The van der Waals surface area contributed by atoms with Crippen LogP contribution in [0, 0.1) is 19.8 Å². The van der Waals surface area contributed by atoms with E-state index in [9.17, 15) is 0 Å². The largest absolute Gasteiger partial charge is 0.310 e. The smallest absolute Gasteiger partial charge is 0.0644 e. The molecule has 18 heavy (non-hydrogen) atoms. The molecule has 0 aromatic carbocycles. The van der Waals surface area contributed by atoms with Gasteiger partial charge in [-0.1, -0.05) is 20.8 Å². The van der Waals surface area contributed by atoms with Crippen LogP contribution in [0.5, 0.6) is 0 Å². The van der Waals surface area contributed by atoms with Gasteiger partial charge in [0.2, 0.25) is 0 Å². The van der Waals surface area contributed by atoms with Crippen molar-refractivity contribution in [3.63, 3.8) is 0 Å². The minimum Gasteiger partial charge on any atom is -0.310 e. The minimum absolute atomic E-state index is 0.401. The van der Waals surface area contributed by atoms with Crippen LogP contribution in [0.3, 0.4) is 0 Å². The monoisotopic (exact) mass is 251 g/mol. The molecule has 0 saturated carbocycles. The van der Waals surface area contributed by atoms with E-state index in [1.165, 1.54) is 29.8 Å². The van der Waals surface area contributed by atoms with E-state index in [2.05, 4.69) is 56.6 Å². The number of rotatable bonds is 7. The molecule has 1 unspecified atom stereocenters. The second-order valence-electron chi connectivity index (χ2n) is 5.67. The van der Waals surface area contributed by atoms with Gasteiger partial charge in [-0.2, -0.15) is 5.10 Å². The Morgan fingerprint density at radius 1 is 1.22 bits per heavy atom. The predicted octanol–water partition coefficient (Wildman–Crippen LogP) is 3.61. The lowest BCUT2D eigenvalue weighted by Gasteiger charge is -2.14. The maximum Gasteiger partial charge on any atom is 0.0644 e. The van der Waals surface area contributed by atoms with Gasteiger partial charge in [0.15, 0.2) is 0 Å². The van der Waals surface area contributed by atoms with Crippen LogP contribution >= 0.6 is 0 Å². The van der Waals surface area contributed by atoms with Gasteiger partial charge in [0.1, 0.15) is 0 Å². The number of hydrogen-bond donors (Lipinski definition) is 1. The molecule has 0 aliphatic carbocycles. The Balaban J connectivity index is 2.79. The van der Waals surface area contributed by atoms with Crippen molar-refractivity contribution in [2.24, 2.45) is 5.92 Å². The van der Waals surface area contributed by atoms with Crippen LogP contribution < -0.4 is 5.32 Å². The van der Waals surface area contributed by atoms with E-state index in [0.717, 1.165) is 19.0 Å². The van der Waals surface area contributed by atoms with Gasteiger partial charge in [-0.3, -0.25) is 4.68 Å². The summed E-state index contributed by atoms with van der Waals surface area (Å²) in [6, 6.07) is 0.401. The van der Waals surface area contributed by atoms with Crippen molar-refractivity contribution in [3.05, 3.63) is 17.0 Å². The lowest BCUT2D eigenvalue weighted by Crippen LogP contribution is -2.20. The van der Waals surface area contributed by atoms with Gasteiger partial charge in [-0.05, 0) is 46.1 Å². The molecule has 0 spiro atoms. The van der Waals surface area contributed by atoms with Crippen LogP contribution in [0.1, 0.15) is 63.5 Å². The molecule has 1 N–H and O–H groups in total. The molecule has 0 aliphatic heterocycles. The Bertz CT molecular complexity index is 366. The molecule has 0 saturated heterocycles. The van der Waals surface area contributed by atoms with Crippen LogP contribution in [0.2, 0.25) is 0 Å². The van der Waals surface area contributed by atoms with E-state index in [4.69, 9.17) is 0 Å². The molecule has 3 nitrogen and oxygen atoms in total. The average Bonchev–Trinajstić information content (AvgIpc) is 2.58. The number of nitrogens with one attached hydrogen (secondary N) is 1. The molecule has 0 bridgehead atoms. The Kier molecular flexibility index (Phi) is 5.86. The van der Waals surface area contributed by atoms with Crippen molar-refractivity contribution in [2.75, 3.05) is 6.54 Å². The van der Waals surface area contributed by atoms with Crippen LogP contribution in [0.25, 0.3) is 0 Å². The van der Waals surface area contributed by atoms with E-state index in [-0.39, 0.29) is 0 Å². The zero-order chi connectivity index (χ0) is 13.7. The summed E-state index contributed by atoms with van der Waals surface area (Å²) in [5.41, 5.74) is 3.88. The maximum absolute atomic E-state index is 4.69. The van der Waals surface area contributed by atoms with Crippen molar-refractivity contribution in [1.82, 2.24) is 15.1 Å². The molecule has 1 rings (SSSR count). The SMILES string of the molecule is CCCNC(C)c1c(C)nn(CCC(C)C)c1C. The number of aromatic nitrogens is 2. The molecule has 104 valence electrons. The van der Waals surface area contributed by atoms with Gasteiger partial charge in [0.25, 0.3) is 0 Å². The summed E-state index contributed by atoms with van der Waals surface area (Å²) in [4.78, 5) is 0. The molecule has 1 atom stereocenters. The van der Waals surface area contributed by atoms with Gasteiger partial charge in [-0.25, -0.2) is 0 Å². The van der Waals surface area contributed by atoms with E-state index in [1.54, 1.807) is 0 Å². The molecule has 1 heterocycles. The summed E-state index contributed by atoms with van der Waals surface area (Å²) in [6.07, 6.45) is 2.36. The van der Waals surface area contributed by atoms with Gasteiger partial charge in [-0.15, -0.1) is 0 Å². The summed E-state index contributed by atoms with van der Waals surface area (Å²) in [6.45, 7) is 15.4. The summed E-state index contributed by atoms with van der Waals surface area (Å²) < 4.78 is 2.18. The fourth-order valence-corrected chi connectivity index (χ4v) is 2.40. The molecular formula is C15H29N3. The third-order valence-electron chi connectivity index (χ3n) is 3.49. The zero-order valence-corrected chi connectivity index (χ0v) is 12.9. The third kappa shape index (κ3) is 3.84. The predicted molar refractivity (Wildman–Crippen MR) is 77.9 cm³/mol. The van der Waals surface area contributed by atoms with E-state index in [1.807, 2.05) is 0 Å². The highest BCUT2D eigenvalue weighted by molar-refractivity contribution is 5.27. The Morgan fingerprint density at radius 3 is 2.44 bits per heavy atom. The first-order chi connectivity index (χ1) is 8.47. The van der Waals surface area contributed by atoms with Gasteiger partial charge < -0.3 is 5.32 Å². The molecule has 0 aliphatic rings. The molecule has 1 aromatic heterocycles. The lowest BCUT2D eigenvalue weighted by molar-refractivity contribution is 0.477. The molecular weight excluding hydrogens is 222 g/mol. The normalized spacial score (nSPS) is 13.3. The zero-order valence-electron chi connectivity index (χ0n) is 12.9. The quantitative estimate of drug-likeness (QED) is 0.802. The van der Waals surface area contributed by atoms with Gasteiger partial charge in [0.05, 0.1) is 5.69 Å². The molecule has 3 heteroatoms. The first-order valence-electron chi connectivity index (χ1n) is 7.24. The number of nitrogens with zero attached hydrogens (tertiary/aromatic N) is 2. The maximum atomic E-state index is 4.69. The van der Waals surface area contributed by atoms with Gasteiger partial charge in [0, 0.05) is 23.8 Å². The van der Waals surface area contributed by atoms with Gasteiger partial charge >= 0.3 is 0 Å². The van der Waals surface area contributed by atoms with Crippen molar-refractivity contribution in [1.29, 1.82) is 0 Å². The Morgan fingerprint density at radius 2 is 1.89 bits per heavy atom. The molecule has 0 amide bonds. The van der Waals surface area contributed by atoms with Crippen LogP contribution in [0.4, 0.5) is 0 Å². The van der Waals surface area contributed by atoms with Crippen LogP contribution in [0.15, 0.2) is 0 Å². The van der Waals surface area contributed by atoms with Crippen LogP contribution in [-0.2, 0) is 6.54 Å². The van der Waals surface area contributed by atoms with Crippen molar-refractivity contribution >= 4 is 0 Å². The fraction of sp³-hybridized carbons (Fsp3) is 0.800. The fourth-order valence-electron chi connectivity index (χ4n) is 2.40. The van der Waals surface area contributed by atoms with Crippen molar-refractivity contribution in [3.8, 4) is 0 Å². The average molecular weight is 251 g/mol. The first-order valence-corrected chi connectivity index (χ1v) is 7.24. The van der Waals surface area contributed by atoms with E-state index < -0.39 is 0 Å². The Labute approximate surface area is 112 Å². The summed E-state index contributed by atoms with van der Waals surface area (Å²) in [7, 11) is 0. The highest BCUT2D eigenvalue weighted by atomic mass is 15.3. The number of aryl methyl sites for hydroxylation is 2. The van der Waals surface area contributed by atoms with Crippen LogP contribution in [-0.4, -0.2) is 16.3 Å². The summed E-state index contributed by atoms with van der Waals surface area (Å²) in [5.74, 6) is 0.730. The second kappa shape index (κ2) is 6.93. The standard InChI is InChI=1S/C15H29N3/c1-7-9-16-12(4)15-13(5)17-18(14(15)6)10-8-11(2)3/h11-12,16H,7-10H2,1-6H3. The van der Waals surface area contributed by atoms with E-state index in [0.29, 0.717) is 6.04 Å². The second-order valence-corrected chi connectivity index (χ2v) is 5.67. The summed E-state index contributed by atoms with van der Waals surface area (Å²) in [5, 5.41) is 8.24. The Hall–Kier alpha value is -0.830. The topological polar surface area (TPSA) is 29.9 Å². The molecule has 0 radical (unpaired) electrons. The summed E-state index contributed by atoms with van der Waals surface area (Å²) >= 11 is 0. The molecule has 1 aromatic rings.